The minimum absolute atomic E-state index is 0.00116. The molecule has 1 atom stereocenters. The van der Waals surface area contributed by atoms with Crippen molar-refractivity contribution in [1.29, 1.82) is 0 Å². The molecule has 0 aromatic rings. The summed E-state index contributed by atoms with van der Waals surface area (Å²) in [6.07, 6.45) is 0.856. The van der Waals surface area contributed by atoms with Crippen molar-refractivity contribution < 1.29 is 4.79 Å². The van der Waals surface area contributed by atoms with Crippen molar-refractivity contribution in [1.82, 2.24) is 10.6 Å². The van der Waals surface area contributed by atoms with Crippen LogP contribution < -0.4 is 10.6 Å². The van der Waals surface area contributed by atoms with Gasteiger partial charge in [-0.25, -0.2) is 0 Å². The van der Waals surface area contributed by atoms with Gasteiger partial charge in [0, 0.05) is 12.1 Å². The molecule has 1 amide bonds. The third-order valence-corrected chi connectivity index (χ3v) is 1.99. The smallest absolute Gasteiger partial charge is 0.237 e. The molecule has 3 nitrogen and oxygen atoms in total. The second kappa shape index (κ2) is 2.81. The molecule has 0 spiro atoms. The highest BCUT2D eigenvalue weighted by Crippen LogP contribution is 2.08. The molecule has 3 heteroatoms. The fraction of sp³-hybridized carbons (Fsp3) is 0.875. The Morgan fingerprint density at radius 1 is 1.64 bits per heavy atom. The molecule has 0 radical (unpaired) electrons. The van der Waals surface area contributed by atoms with Crippen molar-refractivity contribution in [2.24, 2.45) is 0 Å². The average molecular weight is 156 g/mol. The Hall–Kier alpha value is -0.570. The van der Waals surface area contributed by atoms with Crippen molar-refractivity contribution in [3.8, 4) is 0 Å². The number of nitrogens with one attached hydrogen (secondary N) is 2. The lowest BCUT2D eigenvalue weighted by Crippen LogP contribution is -2.63. The summed E-state index contributed by atoms with van der Waals surface area (Å²) in [4.78, 5) is 11.1. The average Bonchev–Trinajstić information content (AvgIpc) is 1.94. The van der Waals surface area contributed by atoms with E-state index in [-0.39, 0.29) is 17.5 Å². The van der Waals surface area contributed by atoms with E-state index < -0.39 is 0 Å². The van der Waals surface area contributed by atoms with E-state index in [0.717, 1.165) is 13.0 Å². The maximum absolute atomic E-state index is 11.1. The topological polar surface area (TPSA) is 41.1 Å². The SMILES string of the molecule is CCC1NC(C)(C)CNC1=O. The third kappa shape index (κ3) is 1.93. The van der Waals surface area contributed by atoms with Gasteiger partial charge in [0.15, 0.2) is 0 Å². The molecule has 0 aromatic heterocycles. The quantitative estimate of drug-likeness (QED) is 0.572. The molecule has 0 bridgehead atoms. The molecule has 1 saturated heterocycles. The molecule has 0 aliphatic carbocycles. The first kappa shape index (κ1) is 8.53. The lowest BCUT2D eigenvalue weighted by Gasteiger charge is -2.36. The summed E-state index contributed by atoms with van der Waals surface area (Å²) in [5, 5.41) is 6.15. The Bertz CT molecular complexity index is 165. The molecule has 1 rings (SSSR count). The minimum atomic E-state index is -0.00116. The highest BCUT2D eigenvalue weighted by Gasteiger charge is 2.30. The summed E-state index contributed by atoms with van der Waals surface area (Å²) in [5.41, 5.74) is 0.0502. The largest absolute Gasteiger partial charge is 0.353 e. The molecule has 1 aliphatic rings. The van der Waals surface area contributed by atoms with Crippen LogP contribution in [0, 0.1) is 0 Å². The first-order valence-electron chi connectivity index (χ1n) is 4.10. The lowest BCUT2D eigenvalue weighted by molar-refractivity contribution is -0.126. The number of hydrogen-bond acceptors (Lipinski definition) is 2. The highest BCUT2D eigenvalue weighted by atomic mass is 16.2. The fourth-order valence-electron chi connectivity index (χ4n) is 1.31. The molecular weight excluding hydrogens is 140 g/mol. The van der Waals surface area contributed by atoms with Gasteiger partial charge in [-0.3, -0.25) is 10.1 Å². The van der Waals surface area contributed by atoms with Crippen LogP contribution in [0.1, 0.15) is 27.2 Å². The summed E-state index contributed by atoms with van der Waals surface area (Å²) in [7, 11) is 0. The standard InChI is InChI=1S/C8H16N2O/c1-4-6-7(11)9-5-8(2,3)10-6/h6,10H,4-5H2,1-3H3,(H,9,11). The molecule has 1 heterocycles. The van der Waals surface area contributed by atoms with Crippen molar-refractivity contribution in [2.45, 2.75) is 38.8 Å². The van der Waals surface area contributed by atoms with Gasteiger partial charge in [-0.2, -0.15) is 0 Å². The zero-order chi connectivity index (χ0) is 8.48. The first-order chi connectivity index (χ1) is 5.05. The fourth-order valence-corrected chi connectivity index (χ4v) is 1.31. The van der Waals surface area contributed by atoms with E-state index >= 15 is 0 Å². The van der Waals surface area contributed by atoms with E-state index in [0.29, 0.717) is 0 Å². The Balaban J connectivity index is 2.58. The van der Waals surface area contributed by atoms with Gasteiger partial charge < -0.3 is 5.32 Å². The molecule has 0 aromatic carbocycles. The summed E-state index contributed by atoms with van der Waals surface area (Å²) in [5.74, 6) is 0.131. The van der Waals surface area contributed by atoms with Gasteiger partial charge in [0.1, 0.15) is 0 Å². The van der Waals surface area contributed by atoms with Crippen LogP contribution in [0.4, 0.5) is 0 Å². The molecule has 2 N–H and O–H groups in total. The number of carbonyl (C=O) groups is 1. The second-order valence-corrected chi connectivity index (χ2v) is 3.71. The third-order valence-electron chi connectivity index (χ3n) is 1.99. The van der Waals surface area contributed by atoms with Crippen LogP contribution in [0.2, 0.25) is 0 Å². The molecular formula is C8H16N2O. The summed E-state index contributed by atoms with van der Waals surface area (Å²) >= 11 is 0. The Labute approximate surface area is 67.5 Å². The zero-order valence-corrected chi connectivity index (χ0v) is 7.40. The zero-order valence-electron chi connectivity index (χ0n) is 7.40. The van der Waals surface area contributed by atoms with Crippen molar-refractivity contribution in [3.05, 3.63) is 0 Å². The van der Waals surface area contributed by atoms with Crippen LogP contribution in [0.5, 0.6) is 0 Å². The molecule has 0 saturated carbocycles. The van der Waals surface area contributed by atoms with Crippen molar-refractivity contribution >= 4 is 5.91 Å². The number of rotatable bonds is 1. The summed E-state index contributed by atoms with van der Waals surface area (Å²) in [6.45, 7) is 6.92. The predicted octanol–water partition coefficient (Wildman–Crippen LogP) is 0.263. The van der Waals surface area contributed by atoms with Gasteiger partial charge in [0.2, 0.25) is 5.91 Å². The Morgan fingerprint density at radius 2 is 2.27 bits per heavy atom. The number of amides is 1. The Kier molecular flexibility index (Phi) is 2.18. The van der Waals surface area contributed by atoms with Gasteiger partial charge in [0.05, 0.1) is 6.04 Å². The predicted molar refractivity (Wildman–Crippen MR) is 44.3 cm³/mol. The molecule has 1 fully saturated rings. The lowest BCUT2D eigenvalue weighted by atomic mass is 9.99. The van der Waals surface area contributed by atoms with E-state index in [1.807, 2.05) is 6.92 Å². The van der Waals surface area contributed by atoms with Crippen LogP contribution in [-0.4, -0.2) is 24.0 Å². The van der Waals surface area contributed by atoms with Gasteiger partial charge in [-0.1, -0.05) is 6.92 Å². The van der Waals surface area contributed by atoms with Gasteiger partial charge in [-0.15, -0.1) is 0 Å². The summed E-state index contributed by atoms with van der Waals surface area (Å²) in [6, 6.07) is -0.00116. The van der Waals surface area contributed by atoms with Crippen LogP contribution >= 0.6 is 0 Å². The van der Waals surface area contributed by atoms with Crippen LogP contribution in [0.25, 0.3) is 0 Å². The first-order valence-corrected chi connectivity index (χ1v) is 4.10. The molecule has 64 valence electrons. The van der Waals surface area contributed by atoms with E-state index in [1.54, 1.807) is 0 Å². The Morgan fingerprint density at radius 3 is 2.73 bits per heavy atom. The number of piperazine rings is 1. The molecule has 1 aliphatic heterocycles. The van der Waals surface area contributed by atoms with Crippen LogP contribution in [-0.2, 0) is 4.79 Å². The number of carbonyl (C=O) groups excluding carboxylic acids is 1. The number of hydrogen-bond donors (Lipinski definition) is 2. The highest BCUT2D eigenvalue weighted by molar-refractivity contribution is 5.82. The monoisotopic (exact) mass is 156 g/mol. The van der Waals surface area contributed by atoms with Gasteiger partial charge in [-0.05, 0) is 20.3 Å². The van der Waals surface area contributed by atoms with E-state index in [2.05, 4.69) is 24.5 Å². The summed E-state index contributed by atoms with van der Waals surface area (Å²) < 4.78 is 0. The maximum Gasteiger partial charge on any atom is 0.237 e. The normalized spacial score (nSPS) is 29.7. The maximum atomic E-state index is 11.1. The molecule has 1 unspecified atom stereocenters. The second-order valence-electron chi connectivity index (χ2n) is 3.71. The van der Waals surface area contributed by atoms with Crippen LogP contribution in [0.3, 0.4) is 0 Å². The van der Waals surface area contributed by atoms with E-state index in [9.17, 15) is 4.79 Å². The van der Waals surface area contributed by atoms with Gasteiger partial charge in [0.25, 0.3) is 0 Å². The van der Waals surface area contributed by atoms with Crippen molar-refractivity contribution in [3.63, 3.8) is 0 Å². The van der Waals surface area contributed by atoms with E-state index in [4.69, 9.17) is 0 Å². The molecule has 11 heavy (non-hydrogen) atoms. The van der Waals surface area contributed by atoms with Gasteiger partial charge >= 0.3 is 0 Å². The minimum Gasteiger partial charge on any atom is -0.353 e. The van der Waals surface area contributed by atoms with Crippen LogP contribution in [0.15, 0.2) is 0 Å². The van der Waals surface area contributed by atoms with Crippen molar-refractivity contribution in [2.75, 3.05) is 6.54 Å². The van der Waals surface area contributed by atoms with E-state index in [1.165, 1.54) is 0 Å².